The maximum absolute atomic E-state index is 12.5. The number of rotatable bonds is 10. The number of nitrogens with one attached hydrogen (secondary N) is 2. The number of carbonyl (C=O) groups is 1. The highest BCUT2D eigenvalue weighted by Gasteiger charge is 2.34. The van der Waals surface area contributed by atoms with E-state index in [2.05, 4.69) is 20.4 Å². The summed E-state index contributed by atoms with van der Waals surface area (Å²) < 4.78 is 13.0. The number of ether oxygens (including phenoxy) is 2. The highest BCUT2D eigenvalue weighted by molar-refractivity contribution is 5.89. The van der Waals surface area contributed by atoms with Crippen molar-refractivity contribution in [1.29, 1.82) is 0 Å². The Hall–Kier alpha value is -4.81. The number of non-ortho nitro benzene ring substituents is 1. The summed E-state index contributed by atoms with van der Waals surface area (Å²) in [7, 11) is 0. The van der Waals surface area contributed by atoms with E-state index in [1.54, 1.807) is 12.1 Å². The fraction of sp³-hybridized carbons (Fsp3) is 0.306. The number of hydrogen-bond acceptors (Lipinski definition) is 8. The number of benzene rings is 4. The van der Waals surface area contributed by atoms with Crippen LogP contribution in [-0.4, -0.2) is 59.8 Å². The number of nitro benzene ring substituents is 1. The lowest BCUT2D eigenvalue weighted by atomic mass is 9.99. The number of urea groups is 1. The Labute approximate surface area is 273 Å². The van der Waals surface area contributed by atoms with Gasteiger partial charge in [0.15, 0.2) is 6.29 Å². The van der Waals surface area contributed by atoms with Crippen molar-refractivity contribution in [3.05, 3.63) is 135 Å². The SMILES string of the molecule is O=C(NCc1ccccc1)Nc1ccc([C@H]2O[C@@H](CN3CCN(c4ccc([N+](=O)[O-])cc4)CC3)C[C@@H](c3ccc(CO)cc3)O2)cc1. The molecular weight excluding hydrogens is 598 g/mol. The number of aliphatic hydroxyl groups is 1. The van der Waals surface area contributed by atoms with Gasteiger partial charge in [-0.1, -0.05) is 66.7 Å². The van der Waals surface area contributed by atoms with E-state index in [0.29, 0.717) is 18.7 Å². The minimum atomic E-state index is -0.598. The smallest absolute Gasteiger partial charge is 0.319 e. The van der Waals surface area contributed by atoms with E-state index in [0.717, 1.165) is 60.7 Å². The third-order valence-corrected chi connectivity index (χ3v) is 8.61. The predicted octanol–water partition coefficient (Wildman–Crippen LogP) is 5.78. The molecule has 0 aromatic heterocycles. The quantitative estimate of drug-likeness (QED) is 0.148. The molecule has 3 atom stereocenters. The molecule has 47 heavy (non-hydrogen) atoms. The van der Waals surface area contributed by atoms with Crippen LogP contribution in [0.3, 0.4) is 0 Å². The van der Waals surface area contributed by atoms with Crippen LogP contribution in [-0.2, 0) is 22.6 Å². The van der Waals surface area contributed by atoms with Crippen molar-refractivity contribution in [2.24, 2.45) is 0 Å². The molecule has 2 amide bonds. The first-order valence-corrected chi connectivity index (χ1v) is 15.8. The number of nitrogens with zero attached hydrogens (tertiary/aromatic N) is 3. The van der Waals surface area contributed by atoms with Gasteiger partial charge in [-0.05, 0) is 41.0 Å². The van der Waals surface area contributed by atoms with Gasteiger partial charge in [0.05, 0.1) is 23.7 Å². The fourth-order valence-electron chi connectivity index (χ4n) is 5.97. The second-order valence-corrected chi connectivity index (χ2v) is 11.8. The van der Waals surface area contributed by atoms with Gasteiger partial charge in [-0.25, -0.2) is 4.79 Å². The summed E-state index contributed by atoms with van der Waals surface area (Å²) >= 11 is 0. The highest BCUT2D eigenvalue weighted by Crippen LogP contribution is 2.38. The normalized spacial score (nSPS) is 20.0. The van der Waals surface area contributed by atoms with E-state index in [9.17, 15) is 20.0 Å². The molecule has 0 unspecified atom stereocenters. The molecule has 6 rings (SSSR count). The minimum Gasteiger partial charge on any atom is -0.392 e. The molecule has 2 fully saturated rings. The van der Waals surface area contributed by atoms with Crippen molar-refractivity contribution in [1.82, 2.24) is 10.2 Å². The zero-order valence-corrected chi connectivity index (χ0v) is 26.0. The third kappa shape index (κ3) is 8.52. The van der Waals surface area contributed by atoms with Gasteiger partial charge in [0.25, 0.3) is 5.69 Å². The molecular formula is C36H39N5O6. The van der Waals surface area contributed by atoms with Crippen molar-refractivity contribution in [2.75, 3.05) is 42.9 Å². The highest BCUT2D eigenvalue weighted by atomic mass is 16.7. The standard InChI is InChI=1S/C36H39N5O6/c42-25-27-6-8-28(9-7-27)34-22-33(24-39-18-20-40(21-19-39)31-14-16-32(17-15-31)41(44)45)46-35(47-34)29-10-12-30(13-11-29)38-36(43)37-23-26-4-2-1-3-5-26/h1-17,33-35,42H,18-25H2,(H2,37,38,43)/t33-,34+,35+/m1/s1. The Kier molecular flexibility index (Phi) is 10.4. The molecule has 0 saturated carbocycles. The summed E-state index contributed by atoms with van der Waals surface area (Å²) in [6.07, 6.45) is -0.212. The minimum absolute atomic E-state index is 0.0172. The first-order valence-electron chi connectivity index (χ1n) is 15.8. The molecule has 3 N–H and O–H groups in total. The van der Waals surface area contributed by atoms with Gasteiger partial charge in [0.1, 0.15) is 0 Å². The summed E-state index contributed by atoms with van der Waals surface area (Å²) in [6, 6.07) is 31.5. The van der Waals surface area contributed by atoms with E-state index in [1.807, 2.05) is 91.0 Å². The van der Waals surface area contributed by atoms with Crippen molar-refractivity contribution >= 4 is 23.1 Å². The molecule has 11 heteroatoms. The molecule has 11 nitrogen and oxygen atoms in total. The zero-order chi connectivity index (χ0) is 32.6. The summed E-state index contributed by atoms with van der Waals surface area (Å²) in [5.74, 6) is 0. The molecule has 4 aromatic carbocycles. The molecule has 0 aliphatic carbocycles. The molecule has 2 heterocycles. The van der Waals surface area contributed by atoms with Gasteiger partial charge in [-0.15, -0.1) is 0 Å². The first-order chi connectivity index (χ1) is 22.9. The van der Waals surface area contributed by atoms with E-state index in [-0.39, 0.29) is 35.5 Å². The van der Waals surface area contributed by atoms with Crippen LogP contribution in [0.2, 0.25) is 0 Å². The fourth-order valence-corrected chi connectivity index (χ4v) is 5.97. The topological polar surface area (TPSA) is 129 Å². The van der Waals surface area contributed by atoms with E-state index in [1.165, 1.54) is 0 Å². The van der Waals surface area contributed by atoms with Gasteiger partial charge in [-0.2, -0.15) is 0 Å². The Morgan fingerprint density at radius 1 is 0.830 bits per heavy atom. The van der Waals surface area contributed by atoms with E-state index < -0.39 is 6.29 Å². The summed E-state index contributed by atoms with van der Waals surface area (Å²) in [5, 5.41) is 26.3. The number of carbonyl (C=O) groups excluding carboxylic acids is 1. The number of nitro groups is 1. The van der Waals surface area contributed by atoms with Crippen LogP contribution in [0.25, 0.3) is 0 Å². The van der Waals surface area contributed by atoms with Crippen LogP contribution in [0.5, 0.6) is 0 Å². The Bertz CT molecular complexity index is 1610. The molecule has 4 aromatic rings. The Morgan fingerprint density at radius 2 is 1.51 bits per heavy atom. The first kappa shape index (κ1) is 32.1. The average molecular weight is 638 g/mol. The molecule has 2 aliphatic heterocycles. The van der Waals surface area contributed by atoms with Gasteiger partial charge < -0.3 is 30.1 Å². The number of anilines is 2. The second-order valence-electron chi connectivity index (χ2n) is 11.8. The van der Waals surface area contributed by atoms with Gasteiger partial charge in [0.2, 0.25) is 0 Å². The number of piperazine rings is 1. The third-order valence-electron chi connectivity index (χ3n) is 8.61. The Morgan fingerprint density at radius 3 is 2.17 bits per heavy atom. The van der Waals surface area contributed by atoms with Gasteiger partial charge >= 0.3 is 6.03 Å². The number of hydrogen-bond donors (Lipinski definition) is 3. The van der Waals surface area contributed by atoms with Crippen LogP contribution >= 0.6 is 0 Å². The summed E-state index contributed by atoms with van der Waals surface area (Å²) in [4.78, 5) is 27.8. The second kappa shape index (κ2) is 15.2. The lowest BCUT2D eigenvalue weighted by molar-refractivity contribution is -0.384. The van der Waals surface area contributed by atoms with E-state index in [4.69, 9.17) is 9.47 Å². The molecule has 0 radical (unpaired) electrons. The maximum atomic E-state index is 12.5. The maximum Gasteiger partial charge on any atom is 0.319 e. The Balaban J connectivity index is 1.09. The molecule has 0 bridgehead atoms. The number of aliphatic hydroxyl groups excluding tert-OH is 1. The summed E-state index contributed by atoms with van der Waals surface area (Å²) in [6.45, 7) is 4.45. The largest absolute Gasteiger partial charge is 0.392 e. The number of amides is 2. The predicted molar refractivity (Wildman–Crippen MR) is 179 cm³/mol. The van der Waals surface area contributed by atoms with E-state index >= 15 is 0 Å². The molecule has 2 saturated heterocycles. The monoisotopic (exact) mass is 637 g/mol. The average Bonchev–Trinajstić information content (AvgIpc) is 3.12. The molecule has 244 valence electrons. The lowest BCUT2D eigenvalue weighted by Crippen LogP contribution is -2.49. The molecule has 0 spiro atoms. The van der Waals surface area contributed by atoms with Crippen LogP contribution in [0.15, 0.2) is 103 Å². The van der Waals surface area contributed by atoms with Crippen molar-refractivity contribution in [3.8, 4) is 0 Å². The summed E-state index contributed by atoms with van der Waals surface area (Å²) in [5.41, 5.74) is 5.47. The van der Waals surface area contributed by atoms with Crippen LogP contribution in [0, 0.1) is 10.1 Å². The van der Waals surface area contributed by atoms with Crippen LogP contribution in [0.4, 0.5) is 21.9 Å². The molecule has 2 aliphatic rings. The zero-order valence-electron chi connectivity index (χ0n) is 26.0. The van der Waals surface area contributed by atoms with Crippen LogP contribution < -0.4 is 15.5 Å². The van der Waals surface area contributed by atoms with Crippen molar-refractivity contribution in [3.63, 3.8) is 0 Å². The van der Waals surface area contributed by atoms with Gasteiger partial charge in [-0.3, -0.25) is 15.0 Å². The van der Waals surface area contributed by atoms with Crippen molar-refractivity contribution < 1.29 is 24.3 Å². The van der Waals surface area contributed by atoms with Crippen LogP contribution in [0.1, 0.15) is 41.1 Å². The lowest BCUT2D eigenvalue weighted by Gasteiger charge is -2.41. The van der Waals surface area contributed by atoms with Crippen molar-refractivity contribution in [2.45, 2.75) is 38.1 Å². The van der Waals surface area contributed by atoms with Gasteiger partial charge in [0, 0.05) is 74.8 Å².